The first-order valence-electron chi connectivity index (χ1n) is 15.7. The number of nitrogens with zero attached hydrogens (tertiary/aromatic N) is 2. The van der Waals surface area contributed by atoms with Crippen molar-refractivity contribution in [2.75, 3.05) is 0 Å². The number of allylic oxidation sites excluding steroid dienone is 3. The number of hydrogen-bond donors (Lipinski definition) is 0. The van der Waals surface area contributed by atoms with Crippen LogP contribution in [0.4, 0.5) is 8.63 Å². The molecule has 45 heavy (non-hydrogen) atoms. The zero-order valence-electron chi connectivity index (χ0n) is 25.9. The molecule has 1 aromatic heterocycles. The van der Waals surface area contributed by atoms with Gasteiger partial charge in [-0.05, 0) is 99.6 Å². The van der Waals surface area contributed by atoms with E-state index in [1.54, 1.807) is 13.8 Å². The molecule has 2 aliphatic heterocycles. The fourth-order valence-corrected chi connectivity index (χ4v) is 8.14. The molecule has 0 amide bonds. The molecule has 0 N–H and O–H groups in total. The summed E-state index contributed by atoms with van der Waals surface area (Å²) in [6, 6.07) is 25.3. The van der Waals surface area contributed by atoms with Crippen LogP contribution < -0.4 is 0 Å². The van der Waals surface area contributed by atoms with E-state index in [-0.39, 0.29) is 19.0 Å². The number of hydrogen-bond acceptors (Lipinski definition) is 2. The van der Waals surface area contributed by atoms with Gasteiger partial charge in [0.15, 0.2) is 5.70 Å². The van der Waals surface area contributed by atoms with E-state index in [2.05, 4.69) is 66.7 Å². The highest BCUT2D eigenvalue weighted by atomic mass is 19.2. The normalized spacial score (nSPS) is 15.9. The maximum absolute atomic E-state index is 15.8. The second-order valence-electron chi connectivity index (χ2n) is 12.7. The van der Waals surface area contributed by atoms with Crippen molar-refractivity contribution in [3.63, 3.8) is 0 Å². The minimum Gasteiger partial charge on any atom is -0.461 e. The summed E-state index contributed by atoms with van der Waals surface area (Å²) in [6.45, 7) is 3.43. The minimum absolute atomic E-state index is 0.179. The van der Waals surface area contributed by atoms with E-state index < -0.39 is 6.97 Å². The molecule has 2 aliphatic rings. The van der Waals surface area contributed by atoms with E-state index in [1.165, 1.54) is 46.7 Å². The summed E-state index contributed by atoms with van der Waals surface area (Å²) in [5.41, 5.74) is 5.75. The van der Waals surface area contributed by atoms with Gasteiger partial charge in [-0.2, -0.15) is 0 Å². The molecule has 3 heterocycles. The van der Waals surface area contributed by atoms with Crippen LogP contribution in [0.15, 0.2) is 90.1 Å². The largest absolute Gasteiger partial charge is 0.737 e. The van der Waals surface area contributed by atoms with Crippen LogP contribution >= 0.6 is 0 Å². The Kier molecular flexibility index (Phi) is 6.08. The lowest BCUT2D eigenvalue weighted by molar-refractivity contribution is -0.363. The average Bonchev–Trinajstić information content (AvgIpc) is 3.50. The van der Waals surface area contributed by atoms with E-state index in [0.29, 0.717) is 35.6 Å². The van der Waals surface area contributed by atoms with Crippen LogP contribution in [0, 0.1) is 13.8 Å². The zero-order valence-corrected chi connectivity index (χ0v) is 25.9. The Morgan fingerprint density at radius 2 is 1.49 bits per heavy atom. The highest BCUT2D eigenvalue weighted by molar-refractivity contribution is 6.58. The lowest BCUT2D eigenvalue weighted by atomic mass is 9.84. The molecule has 0 spiro atoms. The van der Waals surface area contributed by atoms with Gasteiger partial charge in [0.05, 0.1) is 0 Å². The van der Waals surface area contributed by atoms with E-state index in [4.69, 9.17) is 4.74 Å². The van der Waals surface area contributed by atoms with E-state index >= 15 is 8.63 Å². The summed E-state index contributed by atoms with van der Waals surface area (Å²) < 4.78 is 39.9. The topological polar surface area (TPSA) is 34.2 Å². The van der Waals surface area contributed by atoms with Crippen LogP contribution in [0.25, 0.3) is 48.7 Å². The maximum atomic E-state index is 15.8. The van der Waals surface area contributed by atoms with E-state index in [9.17, 15) is 4.79 Å². The third kappa shape index (κ3) is 3.96. The van der Waals surface area contributed by atoms with Gasteiger partial charge >= 0.3 is 12.9 Å². The molecule has 0 unspecified atom stereocenters. The van der Waals surface area contributed by atoms with Crippen molar-refractivity contribution in [1.82, 2.24) is 4.48 Å². The minimum atomic E-state index is -4.00. The smallest absolute Gasteiger partial charge is 0.461 e. The fourth-order valence-electron chi connectivity index (χ4n) is 8.14. The molecule has 5 aromatic carbocycles. The Bertz CT molecular complexity index is 2290. The number of ether oxygens (including phenoxy) is 1. The Morgan fingerprint density at radius 3 is 2.22 bits per heavy atom. The van der Waals surface area contributed by atoms with Crippen LogP contribution in [0.3, 0.4) is 0 Å². The Hall–Kier alpha value is -4.78. The summed E-state index contributed by atoms with van der Waals surface area (Å²) in [4.78, 5) is 13.1. The van der Waals surface area contributed by atoms with Gasteiger partial charge in [-0.1, -0.05) is 66.7 Å². The first-order chi connectivity index (χ1) is 21.7. The standard InChI is InChI=1S/C38H33BF2N2O2/c1-22-19-24(3)42-37(22)33(38-23(2)20-25(4)43(38)39(42,40)41)15-8-16-34(44)45-21-27-17-18-32-30-13-6-10-26-9-5-12-29(35(26)30)31-14-7-11-28(27)36(31)32/h5-7,9-14,17-20H,8,15-16,21H2,1-4H3. The molecule has 7 heteroatoms. The average molecular weight is 599 g/mol. The second-order valence-corrected chi connectivity index (χ2v) is 12.7. The molecular weight excluding hydrogens is 565 g/mol. The number of halogens is 2. The van der Waals surface area contributed by atoms with Crippen LogP contribution in [-0.2, 0) is 16.1 Å². The molecule has 0 atom stereocenters. The molecule has 8 rings (SSSR count). The predicted octanol–water partition coefficient (Wildman–Crippen LogP) is 9.45. The summed E-state index contributed by atoms with van der Waals surface area (Å²) in [7, 11) is 0. The molecule has 0 bridgehead atoms. The number of aryl methyl sites for hydroxylation is 2. The number of benzene rings is 5. The third-order valence-electron chi connectivity index (χ3n) is 9.84. The number of rotatable bonds is 6. The van der Waals surface area contributed by atoms with E-state index in [0.717, 1.165) is 27.7 Å². The molecule has 224 valence electrons. The molecule has 0 aliphatic carbocycles. The van der Waals surface area contributed by atoms with Gasteiger partial charge in [0.25, 0.3) is 0 Å². The summed E-state index contributed by atoms with van der Waals surface area (Å²) in [5.74, 6) is -0.289. The predicted molar refractivity (Wildman–Crippen MR) is 180 cm³/mol. The first-order valence-corrected chi connectivity index (χ1v) is 15.7. The fraction of sp³-hybridized carbons (Fsp3) is 0.211. The number of esters is 1. The first kappa shape index (κ1) is 27.8. The van der Waals surface area contributed by atoms with Crippen molar-refractivity contribution >= 4 is 67.3 Å². The molecule has 0 radical (unpaired) electrons. The SMILES string of the molecule is CC1=CC(C)=[N+]2C1=C(CCCC(=O)OCc1ccc3c4cccc5cccc(c6cccc1c63)c54)c1c(C)cc(C)n1[B-]2(F)F. The van der Waals surface area contributed by atoms with Gasteiger partial charge in [-0.3, -0.25) is 4.79 Å². The monoisotopic (exact) mass is 598 g/mol. The lowest BCUT2D eigenvalue weighted by Crippen LogP contribution is -2.51. The van der Waals surface area contributed by atoms with Gasteiger partial charge < -0.3 is 22.3 Å². The molecular formula is C38H33BF2N2O2. The van der Waals surface area contributed by atoms with Crippen LogP contribution in [0.2, 0.25) is 0 Å². The number of fused-ring (bicyclic) bond motifs is 4. The highest BCUT2D eigenvalue weighted by Crippen LogP contribution is 2.44. The van der Waals surface area contributed by atoms with Crippen LogP contribution in [-0.4, -0.2) is 27.6 Å². The molecule has 0 saturated heterocycles. The maximum Gasteiger partial charge on any atom is 0.737 e. The second kappa shape index (κ2) is 9.86. The Balaban J connectivity index is 1.05. The van der Waals surface area contributed by atoms with Gasteiger partial charge in [-0.15, -0.1) is 0 Å². The van der Waals surface area contributed by atoms with Crippen molar-refractivity contribution in [2.24, 2.45) is 0 Å². The Morgan fingerprint density at radius 1 is 0.844 bits per heavy atom. The van der Waals surface area contributed by atoms with Crippen molar-refractivity contribution in [3.8, 4) is 0 Å². The summed E-state index contributed by atoms with van der Waals surface area (Å²) >= 11 is 0. The van der Waals surface area contributed by atoms with Crippen LogP contribution in [0.5, 0.6) is 0 Å². The van der Waals surface area contributed by atoms with Gasteiger partial charge in [0, 0.05) is 36.3 Å². The zero-order chi connectivity index (χ0) is 31.2. The lowest BCUT2D eigenvalue weighted by Gasteiger charge is -2.34. The number of aromatic nitrogens is 1. The van der Waals surface area contributed by atoms with E-state index in [1.807, 2.05) is 26.0 Å². The van der Waals surface area contributed by atoms with Crippen molar-refractivity contribution in [2.45, 2.75) is 53.6 Å². The van der Waals surface area contributed by atoms with Gasteiger partial charge in [-0.25, -0.2) is 0 Å². The van der Waals surface area contributed by atoms with Crippen molar-refractivity contribution < 1.29 is 22.6 Å². The molecule has 0 saturated carbocycles. The summed E-state index contributed by atoms with van der Waals surface area (Å²) in [5, 5.41) is 9.61. The van der Waals surface area contributed by atoms with Gasteiger partial charge in [0.2, 0.25) is 0 Å². The summed E-state index contributed by atoms with van der Waals surface area (Å²) in [6.07, 6.45) is 3.04. The third-order valence-corrected chi connectivity index (χ3v) is 9.84. The van der Waals surface area contributed by atoms with Crippen LogP contribution in [0.1, 0.15) is 55.6 Å². The Labute approximate surface area is 260 Å². The van der Waals surface area contributed by atoms with Crippen molar-refractivity contribution in [1.29, 1.82) is 0 Å². The molecule has 6 aromatic rings. The number of carbonyl (C=O) groups excluding carboxylic acids is 1. The van der Waals surface area contributed by atoms with Gasteiger partial charge in [0.1, 0.15) is 12.3 Å². The highest BCUT2D eigenvalue weighted by Gasteiger charge is 2.54. The number of carbonyl (C=O) groups is 1. The van der Waals surface area contributed by atoms with Crippen molar-refractivity contribution in [3.05, 3.63) is 113 Å². The molecule has 0 fully saturated rings. The quantitative estimate of drug-likeness (QED) is 0.0829. The molecule has 4 nitrogen and oxygen atoms in total.